The average molecular weight is 431 g/mol. The lowest BCUT2D eigenvalue weighted by Gasteiger charge is -2.24. The van der Waals surface area contributed by atoms with Crippen molar-refractivity contribution < 1.29 is 23.9 Å². The van der Waals surface area contributed by atoms with Crippen molar-refractivity contribution in [3.63, 3.8) is 0 Å². The van der Waals surface area contributed by atoms with Crippen molar-refractivity contribution >= 4 is 39.9 Å². The van der Waals surface area contributed by atoms with Gasteiger partial charge in [-0.1, -0.05) is 18.2 Å². The molecule has 0 saturated heterocycles. The number of para-hydroxylation sites is 1. The SMILES string of the molecule is CCOC(=O)c1sc(NC(=O)CN2c3ccccc3CC2C)c(C(=O)OCC)c1C. The zero-order valence-electron chi connectivity index (χ0n) is 17.6. The van der Waals surface area contributed by atoms with Crippen LogP contribution in [0, 0.1) is 6.92 Å². The molecule has 7 nitrogen and oxygen atoms in total. The largest absolute Gasteiger partial charge is 0.462 e. The van der Waals surface area contributed by atoms with Gasteiger partial charge in [-0.25, -0.2) is 9.59 Å². The van der Waals surface area contributed by atoms with Crippen molar-refractivity contribution in [1.29, 1.82) is 0 Å². The molecule has 1 amide bonds. The van der Waals surface area contributed by atoms with Gasteiger partial charge in [0.2, 0.25) is 5.91 Å². The molecule has 0 fully saturated rings. The van der Waals surface area contributed by atoms with E-state index in [9.17, 15) is 14.4 Å². The van der Waals surface area contributed by atoms with Crippen LogP contribution in [-0.2, 0) is 20.7 Å². The second-order valence-corrected chi connectivity index (χ2v) is 8.08. The maximum Gasteiger partial charge on any atom is 0.348 e. The van der Waals surface area contributed by atoms with E-state index in [1.807, 2.05) is 23.1 Å². The van der Waals surface area contributed by atoms with Gasteiger partial charge in [0, 0.05) is 11.7 Å². The molecule has 1 aliphatic rings. The Morgan fingerprint density at radius 3 is 2.50 bits per heavy atom. The molecule has 1 N–H and O–H groups in total. The molecule has 0 bridgehead atoms. The number of amides is 1. The minimum atomic E-state index is -0.572. The second-order valence-electron chi connectivity index (χ2n) is 7.06. The number of hydrogen-bond donors (Lipinski definition) is 1. The van der Waals surface area contributed by atoms with Crippen molar-refractivity contribution in [1.82, 2.24) is 0 Å². The minimum absolute atomic E-state index is 0.145. The van der Waals surface area contributed by atoms with Crippen LogP contribution in [0.15, 0.2) is 24.3 Å². The molecule has 0 spiro atoms. The topological polar surface area (TPSA) is 84.9 Å². The van der Waals surface area contributed by atoms with E-state index in [4.69, 9.17) is 9.47 Å². The van der Waals surface area contributed by atoms with Crippen LogP contribution in [0.25, 0.3) is 0 Å². The third kappa shape index (κ3) is 4.33. The van der Waals surface area contributed by atoms with Crippen LogP contribution in [0.2, 0.25) is 0 Å². The minimum Gasteiger partial charge on any atom is -0.462 e. The van der Waals surface area contributed by atoms with Gasteiger partial charge in [-0.15, -0.1) is 11.3 Å². The number of ether oxygens (including phenoxy) is 2. The summed E-state index contributed by atoms with van der Waals surface area (Å²) in [6.45, 7) is 7.71. The van der Waals surface area contributed by atoms with Crippen molar-refractivity contribution in [3.8, 4) is 0 Å². The molecule has 0 saturated carbocycles. The number of anilines is 2. The zero-order chi connectivity index (χ0) is 21.8. The summed E-state index contributed by atoms with van der Waals surface area (Å²) >= 11 is 1.04. The zero-order valence-corrected chi connectivity index (χ0v) is 18.4. The molecule has 1 aromatic carbocycles. The molecule has 1 atom stereocenters. The Morgan fingerprint density at radius 1 is 1.13 bits per heavy atom. The number of fused-ring (bicyclic) bond motifs is 1. The molecule has 0 radical (unpaired) electrons. The van der Waals surface area contributed by atoms with E-state index in [0.717, 1.165) is 23.4 Å². The molecular weight excluding hydrogens is 404 g/mol. The highest BCUT2D eigenvalue weighted by Crippen LogP contribution is 2.35. The Morgan fingerprint density at radius 2 is 1.80 bits per heavy atom. The number of nitrogens with one attached hydrogen (secondary N) is 1. The Kier molecular flexibility index (Phi) is 6.77. The fourth-order valence-electron chi connectivity index (χ4n) is 3.63. The van der Waals surface area contributed by atoms with Gasteiger partial charge in [-0.3, -0.25) is 4.79 Å². The summed E-state index contributed by atoms with van der Waals surface area (Å²) < 4.78 is 10.2. The van der Waals surface area contributed by atoms with Crippen LogP contribution < -0.4 is 10.2 Å². The smallest absolute Gasteiger partial charge is 0.348 e. The Labute approximate surface area is 180 Å². The maximum atomic E-state index is 12.9. The lowest BCUT2D eigenvalue weighted by Crippen LogP contribution is -2.37. The molecule has 160 valence electrons. The van der Waals surface area contributed by atoms with Gasteiger partial charge >= 0.3 is 11.9 Å². The Hall–Kier alpha value is -2.87. The van der Waals surface area contributed by atoms with Crippen LogP contribution in [0.4, 0.5) is 10.7 Å². The molecule has 1 unspecified atom stereocenters. The monoisotopic (exact) mass is 430 g/mol. The van der Waals surface area contributed by atoms with Gasteiger partial charge < -0.3 is 19.7 Å². The highest BCUT2D eigenvalue weighted by atomic mass is 32.1. The first-order valence-corrected chi connectivity index (χ1v) is 10.8. The van der Waals surface area contributed by atoms with Gasteiger partial charge in [0.1, 0.15) is 9.88 Å². The van der Waals surface area contributed by atoms with E-state index in [-0.39, 0.29) is 42.1 Å². The number of nitrogens with zero attached hydrogens (tertiary/aromatic N) is 1. The number of rotatable bonds is 7. The Bertz CT molecular complexity index is 968. The van der Waals surface area contributed by atoms with Crippen LogP contribution >= 0.6 is 11.3 Å². The summed E-state index contributed by atoms with van der Waals surface area (Å²) in [5, 5.41) is 3.12. The summed E-state index contributed by atoms with van der Waals surface area (Å²) in [6.07, 6.45) is 0.878. The highest BCUT2D eigenvalue weighted by molar-refractivity contribution is 7.18. The quantitative estimate of drug-likeness (QED) is 0.673. The summed E-state index contributed by atoms with van der Waals surface area (Å²) in [4.78, 5) is 40.0. The molecular formula is C22H26N2O5S. The highest BCUT2D eigenvalue weighted by Gasteiger charge is 2.30. The number of benzene rings is 1. The first-order valence-electron chi connectivity index (χ1n) is 9.99. The summed E-state index contributed by atoms with van der Waals surface area (Å²) in [5.41, 5.74) is 2.90. The number of carbonyl (C=O) groups is 3. The predicted octanol–water partition coefficient (Wildman–Crippen LogP) is 3.80. The Balaban J connectivity index is 1.84. The van der Waals surface area contributed by atoms with E-state index in [2.05, 4.69) is 18.3 Å². The van der Waals surface area contributed by atoms with E-state index in [1.165, 1.54) is 5.56 Å². The van der Waals surface area contributed by atoms with Crippen LogP contribution in [0.5, 0.6) is 0 Å². The normalized spacial score (nSPS) is 14.9. The molecule has 2 aromatic rings. The fourth-order valence-corrected chi connectivity index (χ4v) is 4.74. The number of carbonyl (C=O) groups excluding carboxylic acids is 3. The first kappa shape index (κ1) is 21.8. The molecule has 0 aliphatic carbocycles. The third-order valence-electron chi connectivity index (χ3n) is 5.00. The molecule has 3 rings (SSSR count). The van der Waals surface area contributed by atoms with Crippen LogP contribution in [0.3, 0.4) is 0 Å². The molecule has 2 heterocycles. The number of hydrogen-bond acceptors (Lipinski definition) is 7. The van der Waals surface area contributed by atoms with Gasteiger partial charge in [0.05, 0.1) is 25.3 Å². The van der Waals surface area contributed by atoms with E-state index >= 15 is 0 Å². The average Bonchev–Trinajstić information content (AvgIpc) is 3.19. The van der Waals surface area contributed by atoms with Gasteiger partial charge in [-0.05, 0) is 51.3 Å². The molecule has 1 aromatic heterocycles. The molecule has 8 heteroatoms. The van der Waals surface area contributed by atoms with Crippen molar-refractivity contribution in [2.24, 2.45) is 0 Å². The summed E-state index contributed by atoms with van der Waals surface area (Å²) in [6, 6.07) is 8.21. The standard InChI is InChI=1S/C22H26N2O5S/c1-5-28-21(26)18-14(4)19(22(27)29-6-2)30-20(18)23-17(25)12-24-13(3)11-15-9-7-8-10-16(15)24/h7-10,13H,5-6,11-12H2,1-4H3,(H,23,25). The lowest BCUT2D eigenvalue weighted by molar-refractivity contribution is -0.115. The molecule has 1 aliphatic heterocycles. The summed E-state index contributed by atoms with van der Waals surface area (Å²) in [5.74, 6) is -1.36. The van der Waals surface area contributed by atoms with E-state index in [1.54, 1.807) is 20.8 Å². The first-order chi connectivity index (χ1) is 14.4. The fraction of sp³-hybridized carbons (Fsp3) is 0.409. The van der Waals surface area contributed by atoms with Gasteiger partial charge in [0.15, 0.2) is 0 Å². The lowest BCUT2D eigenvalue weighted by atomic mass is 10.1. The van der Waals surface area contributed by atoms with E-state index < -0.39 is 11.9 Å². The summed E-state index contributed by atoms with van der Waals surface area (Å²) in [7, 11) is 0. The van der Waals surface area contributed by atoms with Crippen molar-refractivity contribution in [2.45, 2.75) is 40.2 Å². The van der Waals surface area contributed by atoms with Gasteiger partial charge in [0.25, 0.3) is 0 Å². The predicted molar refractivity (Wildman–Crippen MR) is 117 cm³/mol. The van der Waals surface area contributed by atoms with Crippen LogP contribution in [0.1, 0.15) is 51.9 Å². The number of thiophene rings is 1. The van der Waals surface area contributed by atoms with Crippen molar-refractivity contribution in [3.05, 3.63) is 45.8 Å². The maximum absolute atomic E-state index is 12.9. The number of esters is 2. The third-order valence-corrected chi connectivity index (χ3v) is 6.19. The van der Waals surface area contributed by atoms with E-state index in [0.29, 0.717) is 10.6 Å². The van der Waals surface area contributed by atoms with Crippen molar-refractivity contribution in [2.75, 3.05) is 30.0 Å². The van der Waals surface area contributed by atoms with Gasteiger partial charge in [-0.2, -0.15) is 0 Å². The second kappa shape index (κ2) is 9.30. The van der Waals surface area contributed by atoms with Crippen LogP contribution in [-0.4, -0.2) is 43.6 Å². The molecule has 30 heavy (non-hydrogen) atoms.